The molecule has 4 atom stereocenters. The Balaban J connectivity index is 2.19. The van der Waals surface area contributed by atoms with Gasteiger partial charge in [0.25, 0.3) is 0 Å². The maximum absolute atomic E-state index is 4.68. The molecule has 0 radical (unpaired) electrons. The third-order valence-corrected chi connectivity index (χ3v) is 4.37. The molecule has 0 amide bonds. The first-order chi connectivity index (χ1) is 7.20. The second-order valence-corrected chi connectivity index (χ2v) is 5.40. The molecule has 0 saturated carbocycles. The lowest BCUT2D eigenvalue weighted by Gasteiger charge is -2.33. The SMILES string of the molecule is CC1C=CC=C(C2CCC=CC2S)C1C. The van der Waals surface area contributed by atoms with Gasteiger partial charge in [-0.25, -0.2) is 0 Å². The van der Waals surface area contributed by atoms with Crippen molar-refractivity contribution in [3.8, 4) is 0 Å². The highest BCUT2D eigenvalue weighted by molar-refractivity contribution is 7.81. The maximum atomic E-state index is 4.68. The highest BCUT2D eigenvalue weighted by Crippen LogP contribution is 2.38. The Kier molecular flexibility index (Phi) is 3.40. The summed E-state index contributed by atoms with van der Waals surface area (Å²) in [5.74, 6) is 2.01. The lowest BCUT2D eigenvalue weighted by molar-refractivity contribution is 0.433. The van der Waals surface area contributed by atoms with Crippen LogP contribution in [-0.2, 0) is 0 Å². The van der Waals surface area contributed by atoms with Gasteiger partial charge in [0.05, 0.1) is 0 Å². The van der Waals surface area contributed by atoms with E-state index in [1.54, 1.807) is 5.57 Å². The third-order valence-electron chi connectivity index (χ3n) is 3.84. The number of hydrogen-bond donors (Lipinski definition) is 1. The van der Waals surface area contributed by atoms with Gasteiger partial charge in [-0.1, -0.05) is 49.8 Å². The van der Waals surface area contributed by atoms with Crippen LogP contribution >= 0.6 is 12.6 Å². The Morgan fingerprint density at radius 2 is 2.07 bits per heavy atom. The minimum absolute atomic E-state index is 0.422. The van der Waals surface area contributed by atoms with Gasteiger partial charge in [-0.05, 0) is 30.6 Å². The van der Waals surface area contributed by atoms with Crippen LogP contribution in [0.3, 0.4) is 0 Å². The molecule has 4 unspecified atom stereocenters. The van der Waals surface area contributed by atoms with Gasteiger partial charge < -0.3 is 0 Å². The molecule has 0 N–H and O–H groups in total. The van der Waals surface area contributed by atoms with Crippen LogP contribution in [0.2, 0.25) is 0 Å². The molecular formula is C14H20S. The summed E-state index contributed by atoms with van der Waals surface area (Å²) in [7, 11) is 0. The van der Waals surface area contributed by atoms with Crippen LogP contribution < -0.4 is 0 Å². The molecule has 1 heteroatoms. The fourth-order valence-electron chi connectivity index (χ4n) is 2.61. The zero-order chi connectivity index (χ0) is 10.8. The van der Waals surface area contributed by atoms with Gasteiger partial charge in [-0.15, -0.1) is 0 Å². The first-order valence-electron chi connectivity index (χ1n) is 5.93. The Bertz CT molecular complexity index is 311. The van der Waals surface area contributed by atoms with E-state index in [1.165, 1.54) is 12.8 Å². The van der Waals surface area contributed by atoms with Crippen molar-refractivity contribution < 1.29 is 0 Å². The highest BCUT2D eigenvalue weighted by Gasteiger charge is 2.28. The quantitative estimate of drug-likeness (QED) is 0.501. The lowest BCUT2D eigenvalue weighted by Crippen LogP contribution is -2.25. The minimum atomic E-state index is 0.422. The van der Waals surface area contributed by atoms with Crippen molar-refractivity contribution in [3.63, 3.8) is 0 Å². The van der Waals surface area contributed by atoms with E-state index in [1.807, 2.05) is 0 Å². The number of hydrogen-bond acceptors (Lipinski definition) is 1. The van der Waals surface area contributed by atoms with Crippen LogP contribution in [0.15, 0.2) is 36.0 Å². The predicted molar refractivity (Wildman–Crippen MR) is 70.2 cm³/mol. The summed E-state index contributed by atoms with van der Waals surface area (Å²) in [6.45, 7) is 4.65. The summed E-state index contributed by atoms with van der Waals surface area (Å²) in [5, 5.41) is 0.422. The van der Waals surface area contributed by atoms with Crippen molar-refractivity contribution in [2.45, 2.75) is 31.9 Å². The monoisotopic (exact) mass is 220 g/mol. The molecule has 0 fully saturated rings. The van der Waals surface area contributed by atoms with Gasteiger partial charge in [-0.2, -0.15) is 12.6 Å². The molecule has 0 heterocycles. The average Bonchev–Trinajstić information content (AvgIpc) is 2.23. The van der Waals surface area contributed by atoms with Crippen molar-refractivity contribution in [1.29, 1.82) is 0 Å². The molecule has 15 heavy (non-hydrogen) atoms. The normalized spacial score (nSPS) is 40.3. The molecule has 0 aliphatic heterocycles. The fourth-order valence-corrected chi connectivity index (χ4v) is 3.05. The molecule has 0 nitrogen and oxygen atoms in total. The van der Waals surface area contributed by atoms with E-state index < -0.39 is 0 Å². The van der Waals surface area contributed by atoms with Crippen molar-refractivity contribution in [2.75, 3.05) is 0 Å². The first kappa shape index (κ1) is 11.1. The standard InChI is InChI=1S/C14H20S/c1-10-6-5-8-12(11(10)2)13-7-3-4-9-14(13)15/h4-6,8-11,13-15H,3,7H2,1-2H3. The van der Waals surface area contributed by atoms with E-state index in [-0.39, 0.29) is 0 Å². The summed E-state index contributed by atoms with van der Waals surface area (Å²) >= 11 is 4.68. The largest absolute Gasteiger partial charge is 0.171 e. The van der Waals surface area contributed by atoms with E-state index in [9.17, 15) is 0 Å². The van der Waals surface area contributed by atoms with Gasteiger partial charge >= 0.3 is 0 Å². The molecule has 2 rings (SSSR count). The number of thiol groups is 1. The van der Waals surface area contributed by atoms with Crippen molar-refractivity contribution in [2.24, 2.45) is 17.8 Å². The number of allylic oxidation sites excluding steroid dienone is 5. The van der Waals surface area contributed by atoms with E-state index in [2.05, 4.69) is 56.9 Å². The van der Waals surface area contributed by atoms with Gasteiger partial charge in [0, 0.05) is 5.25 Å². The second-order valence-electron chi connectivity index (χ2n) is 4.80. The minimum Gasteiger partial charge on any atom is -0.171 e. The molecule has 2 aliphatic rings. The lowest BCUT2D eigenvalue weighted by atomic mass is 9.74. The molecule has 82 valence electrons. The Morgan fingerprint density at radius 3 is 2.80 bits per heavy atom. The fraction of sp³-hybridized carbons (Fsp3) is 0.571. The average molecular weight is 220 g/mol. The van der Waals surface area contributed by atoms with Crippen LogP contribution in [-0.4, -0.2) is 5.25 Å². The third kappa shape index (κ3) is 2.23. The van der Waals surface area contributed by atoms with Crippen LogP contribution in [0.4, 0.5) is 0 Å². The van der Waals surface area contributed by atoms with Crippen molar-refractivity contribution >= 4 is 12.6 Å². The van der Waals surface area contributed by atoms with Crippen LogP contribution in [0.1, 0.15) is 26.7 Å². The van der Waals surface area contributed by atoms with Crippen molar-refractivity contribution in [1.82, 2.24) is 0 Å². The van der Waals surface area contributed by atoms with E-state index in [4.69, 9.17) is 0 Å². The van der Waals surface area contributed by atoms with Crippen LogP contribution in [0, 0.1) is 17.8 Å². The molecule has 2 aliphatic carbocycles. The van der Waals surface area contributed by atoms with Crippen molar-refractivity contribution in [3.05, 3.63) is 36.0 Å². The Labute approximate surface area is 98.6 Å². The molecule has 0 bridgehead atoms. The molecule has 0 aromatic rings. The zero-order valence-electron chi connectivity index (χ0n) is 9.56. The molecule has 0 saturated heterocycles. The number of rotatable bonds is 1. The molecule has 0 spiro atoms. The summed E-state index contributed by atoms with van der Waals surface area (Å²) in [5.41, 5.74) is 1.61. The van der Waals surface area contributed by atoms with Gasteiger partial charge in [-0.3, -0.25) is 0 Å². The summed E-state index contributed by atoms with van der Waals surface area (Å²) < 4.78 is 0. The predicted octanol–water partition coefficient (Wildman–Crippen LogP) is 4.02. The van der Waals surface area contributed by atoms with E-state index in [0.29, 0.717) is 23.0 Å². The smallest absolute Gasteiger partial charge is 0.0262 e. The summed E-state index contributed by atoms with van der Waals surface area (Å²) in [4.78, 5) is 0. The van der Waals surface area contributed by atoms with Gasteiger partial charge in [0.1, 0.15) is 0 Å². The van der Waals surface area contributed by atoms with Crippen LogP contribution in [0.25, 0.3) is 0 Å². The summed E-state index contributed by atoms with van der Waals surface area (Å²) in [6, 6.07) is 0. The van der Waals surface area contributed by atoms with Crippen LogP contribution in [0.5, 0.6) is 0 Å². The molecule has 0 aromatic heterocycles. The van der Waals surface area contributed by atoms with Gasteiger partial charge in [0.2, 0.25) is 0 Å². The topological polar surface area (TPSA) is 0 Å². The highest BCUT2D eigenvalue weighted by atomic mass is 32.1. The van der Waals surface area contributed by atoms with E-state index in [0.717, 1.165) is 0 Å². The zero-order valence-corrected chi connectivity index (χ0v) is 10.5. The van der Waals surface area contributed by atoms with E-state index >= 15 is 0 Å². The Morgan fingerprint density at radius 1 is 1.27 bits per heavy atom. The molecular weight excluding hydrogens is 200 g/mol. The second kappa shape index (κ2) is 4.61. The first-order valence-corrected chi connectivity index (χ1v) is 6.45. The molecule has 0 aromatic carbocycles. The Hall–Kier alpha value is -0.430. The maximum Gasteiger partial charge on any atom is 0.0262 e. The van der Waals surface area contributed by atoms with Gasteiger partial charge in [0.15, 0.2) is 0 Å². The summed E-state index contributed by atoms with van der Waals surface area (Å²) in [6.07, 6.45) is 13.8.